The summed E-state index contributed by atoms with van der Waals surface area (Å²) < 4.78 is 18.7. The third-order valence-corrected chi connectivity index (χ3v) is 29.4. The summed E-state index contributed by atoms with van der Waals surface area (Å²) in [5.74, 6) is 2.94. The summed E-state index contributed by atoms with van der Waals surface area (Å²) in [5.41, 5.74) is 11.9. The predicted octanol–water partition coefficient (Wildman–Crippen LogP) is 35.6. The van der Waals surface area contributed by atoms with Gasteiger partial charge in [0.1, 0.15) is 0 Å². The lowest BCUT2D eigenvalue weighted by Gasteiger charge is -2.32. The Labute approximate surface area is 863 Å². The zero-order valence-electron chi connectivity index (χ0n) is 76.6. The number of benzene rings is 12. The van der Waals surface area contributed by atoms with Gasteiger partial charge < -0.3 is 9.31 Å². The van der Waals surface area contributed by atoms with Gasteiger partial charge >= 0.3 is 7.12 Å². The fraction of sp³-hybridized carbons (Fsp3) is 0.270. The molecule has 0 amide bonds. The van der Waals surface area contributed by atoms with Gasteiger partial charge in [-0.05, 0) is 244 Å². The topological polar surface area (TPSA) is 160 Å². The second-order valence-electron chi connectivity index (χ2n) is 34.6. The first-order valence-electron chi connectivity index (χ1n) is 46.4. The molecule has 24 heteroatoms. The lowest BCUT2D eigenvalue weighted by molar-refractivity contribution is 0.00578. The molecule has 1 aliphatic rings. The van der Waals surface area contributed by atoms with Crippen LogP contribution in [0.2, 0.25) is 21.1 Å². The maximum atomic E-state index is 6.33. The van der Waals surface area contributed by atoms with Crippen molar-refractivity contribution in [2.45, 2.75) is 194 Å². The van der Waals surface area contributed by atoms with Crippen molar-refractivity contribution in [3.8, 4) is 79.5 Å². The molecule has 5 aromatic heterocycles. The quantitative estimate of drug-likeness (QED) is 0.0309. The van der Waals surface area contributed by atoms with E-state index < -0.39 is 0 Å². The third kappa shape index (κ3) is 27.7. The van der Waals surface area contributed by atoms with E-state index in [9.17, 15) is 0 Å². The summed E-state index contributed by atoms with van der Waals surface area (Å²) in [4.78, 5) is 48.9. The Bertz CT molecular complexity index is 6540. The molecule has 6 heterocycles. The SMILES string of the molecule is Brc1ccc(Br)c2ccccc12.CCCCCCCCCCCCc1ccc(-c2ccc(-c3nc(-c4ccc(Br)c5ccccc45)nc(-c4ccc(Br)c5ccccc45)n3)cn2)cc1.CCCCCCCCCCCCc1ccc(-c2ccc(B3OC(C)(C)C(C)(C)O3)cn2)cc1.Clc1nc(-c2ccc(Br)c3ccccc23)nc(-c2ccc(Br)c3ccccc23)n1.Clc1nc(Cl)nc(Cl)n1. The van der Waals surface area contributed by atoms with E-state index in [4.69, 9.17) is 80.6 Å². The molecule has 1 aliphatic heterocycles. The fourth-order valence-electron chi connectivity index (χ4n) is 16.4. The Morgan fingerprint density at radius 1 is 0.252 bits per heavy atom. The summed E-state index contributed by atoms with van der Waals surface area (Å²) in [5, 5.41) is 11.3. The van der Waals surface area contributed by atoms with Crippen LogP contribution in [0.3, 0.4) is 0 Å². The molecule has 0 saturated carbocycles. The second-order valence-corrected chi connectivity index (χ2v) is 41.1. The molecule has 0 radical (unpaired) electrons. The minimum absolute atomic E-state index is 0.000000000000000444. The van der Waals surface area contributed by atoms with Crippen LogP contribution in [0.15, 0.2) is 294 Å². The Kier molecular flexibility index (Phi) is 38.0. The van der Waals surface area contributed by atoms with Gasteiger partial charge in [-0.1, -0.05) is 401 Å². The largest absolute Gasteiger partial charge is 0.496 e. The van der Waals surface area contributed by atoms with Crippen LogP contribution in [0, 0.1) is 0 Å². The molecule has 18 rings (SSSR count). The van der Waals surface area contributed by atoms with Crippen LogP contribution in [0.1, 0.15) is 181 Å². The van der Waals surface area contributed by atoms with Crippen molar-refractivity contribution in [1.29, 1.82) is 0 Å². The monoisotopic (exact) mass is 2250 g/mol. The predicted molar refractivity (Wildman–Crippen MR) is 587 cm³/mol. The Morgan fingerprint density at radius 3 is 0.800 bits per heavy atom. The van der Waals surface area contributed by atoms with E-state index in [-0.39, 0.29) is 39.5 Å². The minimum atomic E-state index is -0.361. The average molecular weight is 2260 g/mol. The molecule has 0 bridgehead atoms. The van der Waals surface area contributed by atoms with E-state index in [1.54, 1.807) is 0 Å². The molecule has 690 valence electrons. The van der Waals surface area contributed by atoms with Gasteiger partial charge in [0.25, 0.3) is 0 Å². The van der Waals surface area contributed by atoms with Crippen LogP contribution in [0.25, 0.3) is 133 Å². The van der Waals surface area contributed by atoms with E-state index in [2.05, 4.69) is 349 Å². The van der Waals surface area contributed by atoms with Gasteiger partial charge in [-0.3, -0.25) is 9.97 Å². The van der Waals surface area contributed by atoms with Crippen LogP contribution in [-0.4, -0.2) is 73.1 Å². The van der Waals surface area contributed by atoms with Gasteiger partial charge in [-0.25, -0.2) is 19.9 Å². The second kappa shape index (κ2) is 50.2. The molecule has 1 saturated heterocycles. The highest BCUT2D eigenvalue weighted by Gasteiger charge is 2.52. The standard InChI is InChI=1S/C46H44Br2N4.C29H44BNO2.C23H12Br2ClN3.C10H6Br2.C3Cl3N3/c1-2-3-4-5-6-7-8-9-10-11-16-32-21-23-33(24-22-32)43-30-25-34(31-49-43)44-50-45(39-26-28-41(47)37-19-14-12-17-35(37)39)52-46(51-44)40-27-29-42(48)38-20-15-13-18-36(38)40;1-6-7-8-9-10-11-12-13-14-15-16-24-17-19-25(20-18-24)27-22-21-26(23-31-27)30-32-28(2,3)29(4,5)33-30;24-19-11-9-17(13-5-1-3-7-15(13)19)21-27-22(29-23(26)28-21)18-10-12-20(25)16-8-4-2-6-14(16)18;11-9-5-6-10(12)8-4-2-1-3-7(8)9;4-1-7-2(5)9-3(6)8-1/h12-15,17-31H,2-11,16H2,1H3;17-23H,6-16H2,1-5H3;1-12H;1-6H;. The van der Waals surface area contributed by atoms with Crippen LogP contribution >= 0.6 is 142 Å². The number of unbranched alkanes of at least 4 members (excludes halogenated alkanes) is 18. The van der Waals surface area contributed by atoms with E-state index in [1.165, 1.54) is 157 Å². The Morgan fingerprint density at radius 2 is 0.504 bits per heavy atom. The molecule has 0 unspecified atom stereocenters. The van der Waals surface area contributed by atoms with E-state index in [0.717, 1.165) is 132 Å². The molecule has 0 N–H and O–H groups in total. The highest BCUT2D eigenvalue weighted by molar-refractivity contribution is 9.11. The molecule has 13 nitrogen and oxygen atoms in total. The minimum Gasteiger partial charge on any atom is -0.399 e. The lowest BCUT2D eigenvalue weighted by atomic mass is 9.80. The van der Waals surface area contributed by atoms with Gasteiger partial charge in [0.05, 0.1) is 22.6 Å². The number of hydrogen-bond donors (Lipinski definition) is 0. The summed E-state index contributed by atoms with van der Waals surface area (Å²) in [6, 6.07) is 87.7. The van der Waals surface area contributed by atoms with Crippen molar-refractivity contribution < 1.29 is 9.31 Å². The van der Waals surface area contributed by atoms with E-state index >= 15 is 0 Å². The van der Waals surface area contributed by atoms with Gasteiger partial charge in [0, 0.05) is 83.6 Å². The smallest absolute Gasteiger partial charge is 0.399 e. The molecule has 135 heavy (non-hydrogen) atoms. The molecular weight excluding hydrogens is 2150 g/mol. The van der Waals surface area contributed by atoms with Crippen LogP contribution in [-0.2, 0) is 22.2 Å². The molecule has 12 aromatic carbocycles. The zero-order chi connectivity index (χ0) is 94.8. The normalized spacial score (nSPS) is 12.5. The van der Waals surface area contributed by atoms with Crippen molar-refractivity contribution in [3.63, 3.8) is 0 Å². The summed E-state index contributed by atoms with van der Waals surface area (Å²) in [6.07, 6.45) is 33.5. The van der Waals surface area contributed by atoms with Gasteiger partial charge in [-0.15, -0.1) is 0 Å². The van der Waals surface area contributed by atoms with Crippen LogP contribution in [0.5, 0.6) is 0 Å². The molecule has 0 spiro atoms. The Hall–Kier alpha value is -8.71. The van der Waals surface area contributed by atoms with E-state index in [0.29, 0.717) is 29.1 Å². The first kappa shape index (κ1) is 102. The number of aryl methyl sites for hydroxylation is 2. The number of fused-ring (bicyclic) bond motifs is 5. The maximum absolute atomic E-state index is 6.33. The number of hydrogen-bond acceptors (Lipinski definition) is 13. The van der Waals surface area contributed by atoms with Crippen molar-refractivity contribution in [1.82, 2.24) is 54.8 Å². The first-order chi connectivity index (χ1) is 65.5. The number of pyridine rings is 2. The molecule has 0 aliphatic carbocycles. The number of aromatic nitrogens is 11. The summed E-state index contributed by atoms with van der Waals surface area (Å²) >= 11 is 44.0. The lowest BCUT2D eigenvalue weighted by Crippen LogP contribution is -2.41. The number of nitrogens with zero attached hydrogens (tertiary/aromatic N) is 11. The fourth-order valence-corrected chi connectivity index (χ4v) is 20.0. The molecule has 1 fully saturated rings. The van der Waals surface area contributed by atoms with Crippen LogP contribution < -0.4 is 5.46 Å². The molecule has 17 aromatic rings. The summed E-state index contributed by atoms with van der Waals surface area (Å²) in [6.45, 7) is 12.9. The van der Waals surface area contributed by atoms with Crippen molar-refractivity contribution in [2.24, 2.45) is 0 Å². The number of rotatable bonds is 30. The summed E-state index contributed by atoms with van der Waals surface area (Å²) in [7, 11) is -0.361. The highest BCUT2D eigenvalue weighted by atomic mass is 79.9. The van der Waals surface area contributed by atoms with Crippen molar-refractivity contribution >= 4 is 208 Å². The average Bonchev–Trinajstić information content (AvgIpc) is 1.74. The Balaban J connectivity index is 0.000000151. The number of halogens is 10. The van der Waals surface area contributed by atoms with Crippen molar-refractivity contribution in [3.05, 3.63) is 326 Å². The maximum Gasteiger partial charge on any atom is 0.496 e. The van der Waals surface area contributed by atoms with E-state index in [1.807, 2.05) is 85.2 Å². The first-order valence-corrected chi connectivity index (χ1v) is 52.7. The van der Waals surface area contributed by atoms with Crippen molar-refractivity contribution in [2.75, 3.05) is 0 Å². The molecule has 0 atom stereocenters. The highest BCUT2D eigenvalue weighted by Crippen LogP contribution is 2.42. The van der Waals surface area contributed by atoms with Crippen LogP contribution in [0.4, 0.5) is 0 Å². The van der Waals surface area contributed by atoms with Gasteiger partial charge in [0.15, 0.2) is 29.1 Å². The van der Waals surface area contributed by atoms with Gasteiger partial charge in [-0.2, -0.15) is 24.9 Å². The zero-order valence-corrected chi connectivity index (χ0v) is 89.1. The molecular formula is C111H106BBr6Cl4N11O2. The van der Waals surface area contributed by atoms with Gasteiger partial charge in [0.2, 0.25) is 21.1 Å². The third-order valence-electron chi connectivity index (χ3n) is 24.5.